The number of carbonyl (C=O) groups excluding carboxylic acids is 1. The van der Waals surface area contributed by atoms with Gasteiger partial charge in [0.05, 0.1) is 26.2 Å². The second-order valence-electron chi connectivity index (χ2n) is 5.11. The summed E-state index contributed by atoms with van der Waals surface area (Å²) in [5.74, 6) is 1.84. The summed E-state index contributed by atoms with van der Waals surface area (Å²) < 4.78 is 17.3. The number of carbonyl (C=O) groups is 1. The summed E-state index contributed by atoms with van der Waals surface area (Å²) in [6.07, 6.45) is 1.59. The van der Waals surface area contributed by atoms with Crippen LogP contribution in [0.4, 0.5) is 5.69 Å². The Morgan fingerprint density at radius 3 is 2.85 bits per heavy atom. The molecule has 10 heteroatoms. The zero-order chi connectivity index (χ0) is 18.4. The molecule has 0 aliphatic rings. The van der Waals surface area contributed by atoms with Crippen molar-refractivity contribution in [2.75, 3.05) is 25.3 Å². The third-order valence-corrected chi connectivity index (χ3v) is 4.34. The van der Waals surface area contributed by atoms with Crippen LogP contribution in [0.2, 0.25) is 0 Å². The highest BCUT2D eigenvalue weighted by molar-refractivity contribution is 7.99. The SMILES string of the molecule is COc1ccc(NC(=O)CSc2nnnn2Cc2ccco2)cc1OC. The van der Waals surface area contributed by atoms with Crippen LogP contribution in [-0.2, 0) is 11.3 Å². The quantitative estimate of drug-likeness (QED) is 0.597. The lowest BCUT2D eigenvalue weighted by atomic mass is 10.2. The fourth-order valence-electron chi connectivity index (χ4n) is 2.19. The highest BCUT2D eigenvalue weighted by Crippen LogP contribution is 2.29. The number of amides is 1. The average molecular weight is 375 g/mol. The number of tetrazole rings is 1. The number of hydrogen-bond acceptors (Lipinski definition) is 8. The lowest BCUT2D eigenvalue weighted by molar-refractivity contribution is -0.113. The van der Waals surface area contributed by atoms with Crippen LogP contribution >= 0.6 is 11.8 Å². The van der Waals surface area contributed by atoms with Gasteiger partial charge in [0.15, 0.2) is 11.5 Å². The topological polar surface area (TPSA) is 104 Å². The summed E-state index contributed by atoms with van der Waals surface area (Å²) in [7, 11) is 3.10. The molecule has 3 rings (SSSR count). The molecule has 2 heterocycles. The summed E-state index contributed by atoms with van der Waals surface area (Å²) in [6.45, 7) is 0.402. The van der Waals surface area contributed by atoms with Gasteiger partial charge in [0.25, 0.3) is 0 Å². The summed E-state index contributed by atoms with van der Waals surface area (Å²) >= 11 is 1.24. The Balaban J connectivity index is 1.57. The normalized spacial score (nSPS) is 10.5. The minimum absolute atomic E-state index is 0.160. The second kappa shape index (κ2) is 8.39. The molecule has 2 aromatic heterocycles. The number of aromatic nitrogens is 4. The molecule has 1 aromatic carbocycles. The van der Waals surface area contributed by atoms with Gasteiger partial charge in [0, 0.05) is 11.8 Å². The van der Waals surface area contributed by atoms with E-state index in [9.17, 15) is 4.79 Å². The molecule has 0 fully saturated rings. The van der Waals surface area contributed by atoms with Gasteiger partial charge in [-0.2, -0.15) is 0 Å². The molecule has 1 N–H and O–H groups in total. The standard InChI is InChI=1S/C16H17N5O4S/c1-23-13-6-5-11(8-14(13)24-2)17-15(22)10-26-16-18-19-20-21(16)9-12-4-3-7-25-12/h3-8H,9-10H2,1-2H3,(H,17,22). The smallest absolute Gasteiger partial charge is 0.234 e. The first-order valence-electron chi connectivity index (χ1n) is 7.63. The van der Waals surface area contributed by atoms with Crippen molar-refractivity contribution in [3.05, 3.63) is 42.4 Å². The molecule has 9 nitrogen and oxygen atoms in total. The molecule has 0 saturated carbocycles. The lowest BCUT2D eigenvalue weighted by Gasteiger charge is -2.10. The van der Waals surface area contributed by atoms with Gasteiger partial charge in [-0.05, 0) is 34.7 Å². The van der Waals surface area contributed by atoms with E-state index in [1.165, 1.54) is 18.9 Å². The number of nitrogens with one attached hydrogen (secondary N) is 1. The minimum Gasteiger partial charge on any atom is -0.493 e. The van der Waals surface area contributed by atoms with Gasteiger partial charge in [-0.15, -0.1) is 5.10 Å². The van der Waals surface area contributed by atoms with Gasteiger partial charge in [0.2, 0.25) is 11.1 Å². The number of hydrogen-bond donors (Lipinski definition) is 1. The molecule has 0 radical (unpaired) electrons. The van der Waals surface area contributed by atoms with Crippen molar-refractivity contribution in [1.82, 2.24) is 20.2 Å². The number of methoxy groups -OCH3 is 2. The zero-order valence-corrected chi connectivity index (χ0v) is 15.0. The molecule has 1 amide bonds. The van der Waals surface area contributed by atoms with Crippen LogP contribution in [0.1, 0.15) is 5.76 Å². The maximum atomic E-state index is 12.2. The Morgan fingerprint density at radius 1 is 1.27 bits per heavy atom. The van der Waals surface area contributed by atoms with Gasteiger partial charge < -0.3 is 19.2 Å². The summed E-state index contributed by atoms with van der Waals surface area (Å²) in [5, 5.41) is 14.8. The van der Waals surface area contributed by atoms with Crippen molar-refractivity contribution in [3.63, 3.8) is 0 Å². The summed E-state index contributed by atoms with van der Waals surface area (Å²) in [5.41, 5.74) is 0.614. The van der Waals surface area contributed by atoms with Crippen LogP contribution in [0.3, 0.4) is 0 Å². The van der Waals surface area contributed by atoms with Crippen molar-refractivity contribution in [1.29, 1.82) is 0 Å². The Labute approximate surface area is 153 Å². The van der Waals surface area contributed by atoms with Crippen LogP contribution in [0.5, 0.6) is 11.5 Å². The molecule has 0 aliphatic heterocycles. The summed E-state index contributed by atoms with van der Waals surface area (Å²) in [6, 6.07) is 8.79. The van der Waals surface area contributed by atoms with E-state index in [-0.39, 0.29) is 11.7 Å². The molecule has 0 unspecified atom stereocenters. The average Bonchev–Trinajstić information content (AvgIpc) is 3.32. The molecule has 0 aliphatic carbocycles. The number of anilines is 1. The van der Waals surface area contributed by atoms with E-state index in [4.69, 9.17) is 13.9 Å². The molecule has 0 spiro atoms. The van der Waals surface area contributed by atoms with Gasteiger partial charge in [-0.25, -0.2) is 4.68 Å². The number of benzene rings is 1. The third kappa shape index (κ3) is 4.33. The third-order valence-electron chi connectivity index (χ3n) is 3.38. The van der Waals surface area contributed by atoms with Crippen LogP contribution in [0.15, 0.2) is 46.2 Å². The van der Waals surface area contributed by atoms with Gasteiger partial charge in [-0.1, -0.05) is 11.8 Å². The largest absolute Gasteiger partial charge is 0.493 e. The molecule has 0 bridgehead atoms. The maximum absolute atomic E-state index is 12.2. The summed E-state index contributed by atoms with van der Waals surface area (Å²) in [4.78, 5) is 12.2. The first-order valence-corrected chi connectivity index (χ1v) is 8.61. The van der Waals surface area contributed by atoms with Crippen molar-refractivity contribution in [3.8, 4) is 11.5 Å². The van der Waals surface area contributed by atoms with E-state index in [2.05, 4.69) is 20.8 Å². The number of thioether (sulfide) groups is 1. The Kier molecular flexibility index (Phi) is 5.74. The number of rotatable bonds is 8. The van der Waals surface area contributed by atoms with Crippen molar-refractivity contribution >= 4 is 23.4 Å². The van der Waals surface area contributed by atoms with Crippen molar-refractivity contribution < 1.29 is 18.7 Å². The Bertz CT molecular complexity index is 865. The van der Waals surface area contributed by atoms with Crippen LogP contribution in [0, 0.1) is 0 Å². The zero-order valence-electron chi connectivity index (χ0n) is 14.2. The highest BCUT2D eigenvalue weighted by Gasteiger charge is 2.12. The van der Waals surface area contributed by atoms with Gasteiger partial charge in [-0.3, -0.25) is 4.79 Å². The second-order valence-corrected chi connectivity index (χ2v) is 6.05. The predicted molar refractivity (Wildman–Crippen MR) is 94.5 cm³/mol. The molecule has 3 aromatic rings. The van der Waals surface area contributed by atoms with Gasteiger partial charge >= 0.3 is 0 Å². The van der Waals surface area contributed by atoms with Crippen LogP contribution in [0.25, 0.3) is 0 Å². The van der Waals surface area contributed by atoms with Crippen LogP contribution in [-0.4, -0.2) is 46.1 Å². The van der Waals surface area contributed by atoms with Crippen molar-refractivity contribution in [2.45, 2.75) is 11.7 Å². The lowest BCUT2D eigenvalue weighted by Crippen LogP contribution is -2.15. The number of ether oxygens (including phenoxy) is 2. The van der Waals surface area contributed by atoms with E-state index < -0.39 is 0 Å². The minimum atomic E-state index is -0.185. The molecule has 26 heavy (non-hydrogen) atoms. The van der Waals surface area contributed by atoms with E-state index in [0.717, 1.165) is 5.76 Å². The fraction of sp³-hybridized carbons (Fsp3) is 0.250. The first kappa shape index (κ1) is 17.8. The van der Waals surface area contributed by atoms with E-state index >= 15 is 0 Å². The maximum Gasteiger partial charge on any atom is 0.234 e. The van der Waals surface area contributed by atoms with E-state index in [1.54, 1.807) is 42.3 Å². The van der Waals surface area contributed by atoms with Crippen molar-refractivity contribution in [2.24, 2.45) is 0 Å². The van der Waals surface area contributed by atoms with Gasteiger partial charge in [0.1, 0.15) is 12.3 Å². The highest BCUT2D eigenvalue weighted by atomic mass is 32.2. The number of furan rings is 1. The van der Waals surface area contributed by atoms with E-state index in [1.807, 2.05) is 6.07 Å². The monoisotopic (exact) mass is 375 g/mol. The molecular weight excluding hydrogens is 358 g/mol. The Hall–Kier alpha value is -3.01. The number of nitrogens with zero attached hydrogens (tertiary/aromatic N) is 4. The molecule has 0 saturated heterocycles. The molecule has 136 valence electrons. The fourth-order valence-corrected chi connectivity index (χ4v) is 2.87. The van der Waals surface area contributed by atoms with Crippen LogP contribution < -0.4 is 14.8 Å². The Morgan fingerprint density at radius 2 is 2.12 bits per heavy atom. The molecule has 0 atom stereocenters. The van der Waals surface area contributed by atoms with E-state index in [0.29, 0.717) is 28.9 Å². The predicted octanol–water partition coefficient (Wildman–Crippen LogP) is 2.06. The first-order chi connectivity index (χ1) is 12.7. The molecular formula is C16H17N5O4S.